The number of amides is 2. The van der Waals surface area contributed by atoms with E-state index >= 15 is 0 Å². The third kappa shape index (κ3) is 2.09. The molecule has 0 spiro atoms. The Morgan fingerprint density at radius 3 is 2.27 bits per heavy atom. The van der Waals surface area contributed by atoms with Gasteiger partial charge in [0.25, 0.3) is 11.8 Å². The van der Waals surface area contributed by atoms with Gasteiger partial charge in [-0.05, 0) is 30.7 Å². The maximum atomic E-state index is 12.1. The minimum absolute atomic E-state index is 0.0362. The number of benzene rings is 1. The van der Waals surface area contributed by atoms with Crippen LogP contribution < -0.4 is 0 Å². The molecule has 0 bridgehead atoms. The van der Waals surface area contributed by atoms with Crippen molar-refractivity contribution in [3.05, 3.63) is 58.5 Å². The summed E-state index contributed by atoms with van der Waals surface area (Å²) in [6.07, 6.45) is 0.631. The van der Waals surface area contributed by atoms with Crippen LogP contribution in [0, 0.1) is 6.92 Å². The molecule has 0 saturated carbocycles. The molecule has 1 aromatic carbocycles. The van der Waals surface area contributed by atoms with Crippen LogP contribution in [0.1, 0.15) is 49.5 Å². The topological polar surface area (TPSA) is 76.8 Å². The van der Waals surface area contributed by atoms with Crippen molar-refractivity contribution in [2.24, 2.45) is 0 Å². The van der Waals surface area contributed by atoms with Crippen LogP contribution in [0.25, 0.3) is 0 Å². The van der Waals surface area contributed by atoms with Crippen LogP contribution >= 0.6 is 0 Å². The maximum Gasteiger partial charge on any atom is 0.399 e. The summed E-state index contributed by atoms with van der Waals surface area (Å²) < 4.78 is 5.36. The van der Waals surface area contributed by atoms with Crippen molar-refractivity contribution in [1.82, 2.24) is 5.06 Å². The van der Waals surface area contributed by atoms with Crippen molar-refractivity contribution in [1.29, 1.82) is 0 Å². The molecule has 0 atom stereocenters. The minimum Gasteiger partial charge on any atom is -0.454 e. The Morgan fingerprint density at radius 2 is 1.77 bits per heavy atom. The van der Waals surface area contributed by atoms with Gasteiger partial charge in [-0.2, -0.15) is 0 Å². The molecule has 0 unspecified atom stereocenters. The zero-order valence-electron chi connectivity index (χ0n) is 12.1. The highest BCUT2D eigenvalue weighted by atomic mass is 16.7. The lowest BCUT2D eigenvalue weighted by atomic mass is 10.1. The van der Waals surface area contributed by atoms with E-state index in [4.69, 9.17) is 9.25 Å². The molecule has 1 aromatic heterocycles. The van der Waals surface area contributed by atoms with Crippen molar-refractivity contribution >= 4 is 17.8 Å². The summed E-state index contributed by atoms with van der Waals surface area (Å²) in [5, 5.41) is 0.469. The van der Waals surface area contributed by atoms with Gasteiger partial charge in [-0.1, -0.05) is 24.1 Å². The van der Waals surface area contributed by atoms with Gasteiger partial charge in [-0.15, -0.1) is 0 Å². The van der Waals surface area contributed by atoms with Crippen LogP contribution in [0.3, 0.4) is 0 Å². The molecular formula is C16H13NO5. The smallest absolute Gasteiger partial charge is 0.399 e. The molecule has 1 aliphatic rings. The fraction of sp³-hybridized carbons (Fsp3) is 0.188. The van der Waals surface area contributed by atoms with E-state index in [-0.39, 0.29) is 16.9 Å². The second-order valence-electron chi connectivity index (χ2n) is 4.90. The summed E-state index contributed by atoms with van der Waals surface area (Å²) in [6.45, 7) is 3.70. The Balaban J connectivity index is 1.83. The van der Waals surface area contributed by atoms with Gasteiger partial charge >= 0.3 is 5.97 Å². The number of imide groups is 1. The van der Waals surface area contributed by atoms with Gasteiger partial charge in [0.1, 0.15) is 5.76 Å². The first-order valence-corrected chi connectivity index (χ1v) is 6.82. The molecule has 6 nitrogen and oxygen atoms in total. The fourth-order valence-electron chi connectivity index (χ4n) is 2.35. The summed E-state index contributed by atoms with van der Waals surface area (Å²) >= 11 is 0. The lowest BCUT2D eigenvalue weighted by molar-refractivity contribution is -0.0603. The lowest BCUT2D eigenvalue weighted by Gasteiger charge is -2.11. The SMILES string of the molecule is CCc1oc(C(=O)ON2C(=O)c3ccccc3C2=O)cc1C. The largest absolute Gasteiger partial charge is 0.454 e. The van der Waals surface area contributed by atoms with Crippen molar-refractivity contribution in [3.63, 3.8) is 0 Å². The van der Waals surface area contributed by atoms with E-state index in [2.05, 4.69) is 0 Å². The molecule has 22 heavy (non-hydrogen) atoms. The molecule has 0 radical (unpaired) electrons. The number of rotatable bonds is 3. The minimum atomic E-state index is -0.877. The number of fused-ring (bicyclic) bond motifs is 1. The summed E-state index contributed by atoms with van der Waals surface area (Å²) in [5.74, 6) is -1.57. The van der Waals surface area contributed by atoms with E-state index in [0.717, 1.165) is 5.56 Å². The summed E-state index contributed by atoms with van der Waals surface area (Å²) in [5.41, 5.74) is 1.24. The molecule has 0 N–H and O–H groups in total. The Hall–Kier alpha value is -2.89. The number of nitrogens with zero attached hydrogens (tertiary/aromatic N) is 1. The second-order valence-corrected chi connectivity index (χ2v) is 4.90. The molecule has 3 rings (SSSR count). The quantitative estimate of drug-likeness (QED) is 0.814. The molecule has 0 saturated heterocycles. The highest BCUT2D eigenvalue weighted by molar-refractivity contribution is 6.21. The van der Waals surface area contributed by atoms with Crippen LogP contribution in [0.2, 0.25) is 0 Å². The zero-order chi connectivity index (χ0) is 15.9. The van der Waals surface area contributed by atoms with Crippen molar-refractivity contribution in [2.75, 3.05) is 0 Å². The molecule has 0 fully saturated rings. The standard InChI is InChI=1S/C16H13NO5/c1-3-12-9(2)8-13(21-12)16(20)22-17-14(18)10-6-4-5-7-11(10)15(17)19/h4-8H,3H2,1-2H3. The fourth-order valence-corrected chi connectivity index (χ4v) is 2.35. The number of hydroxylamine groups is 2. The molecule has 2 amide bonds. The van der Waals surface area contributed by atoms with Gasteiger partial charge in [0, 0.05) is 6.42 Å². The Kier molecular flexibility index (Phi) is 3.29. The van der Waals surface area contributed by atoms with Crippen LogP contribution in [0.15, 0.2) is 34.7 Å². The highest BCUT2D eigenvalue weighted by Gasteiger charge is 2.39. The first-order chi connectivity index (χ1) is 10.5. The highest BCUT2D eigenvalue weighted by Crippen LogP contribution is 2.24. The van der Waals surface area contributed by atoms with E-state index in [9.17, 15) is 14.4 Å². The van der Waals surface area contributed by atoms with Crippen molar-refractivity contribution in [2.45, 2.75) is 20.3 Å². The normalized spacial score (nSPS) is 13.5. The van der Waals surface area contributed by atoms with Gasteiger partial charge < -0.3 is 9.25 Å². The second kappa shape index (κ2) is 5.14. The monoisotopic (exact) mass is 299 g/mol. The van der Waals surface area contributed by atoms with E-state index in [1.807, 2.05) is 6.92 Å². The predicted molar refractivity (Wildman–Crippen MR) is 75.2 cm³/mol. The van der Waals surface area contributed by atoms with Crippen LogP contribution in [0.4, 0.5) is 0 Å². The zero-order valence-corrected chi connectivity index (χ0v) is 12.1. The Bertz CT molecular complexity index is 755. The van der Waals surface area contributed by atoms with Crippen LogP contribution in [-0.4, -0.2) is 22.8 Å². The van der Waals surface area contributed by atoms with E-state index in [1.54, 1.807) is 19.1 Å². The third-order valence-corrected chi connectivity index (χ3v) is 3.47. The van der Waals surface area contributed by atoms with Gasteiger partial charge in [0.2, 0.25) is 5.76 Å². The summed E-state index contributed by atoms with van der Waals surface area (Å²) in [6, 6.07) is 7.82. The van der Waals surface area contributed by atoms with Gasteiger partial charge in [-0.25, -0.2) is 4.79 Å². The number of hydrogen-bond donors (Lipinski definition) is 0. The Morgan fingerprint density at radius 1 is 1.18 bits per heavy atom. The molecular weight excluding hydrogens is 286 g/mol. The van der Waals surface area contributed by atoms with Crippen molar-refractivity contribution in [3.8, 4) is 0 Å². The molecule has 6 heteroatoms. The average Bonchev–Trinajstić information content (AvgIpc) is 3.01. The predicted octanol–water partition coefficient (Wildman–Crippen LogP) is 2.52. The summed E-state index contributed by atoms with van der Waals surface area (Å²) in [4.78, 5) is 41.2. The molecule has 0 aliphatic carbocycles. The van der Waals surface area contributed by atoms with Crippen molar-refractivity contribution < 1.29 is 23.6 Å². The van der Waals surface area contributed by atoms with Crippen LogP contribution in [-0.2, 0) is 11.3 Å². The molecule has 112 valence electrons. The third-order valence-electron chi connectivity index (χ3n) is 3.47. The van der Waals surface area contributed by atoms with Crippen LogP contribution in [0.5, 0.6) is 0 Å². The van der Waals surface area contributed by atoms with E-state index in [1.165, 1.54) is 18.2 Å². The first-order valence-electron chi connectivity index (χ1n) is 6.82. The van der Waals surface area contributed by atoms with E-state index < -0.39 is 17.8 Å². The number of aryl methyl sites for hydroxylation is 2. The number of carbonyl (C=O) groups excluding carboxylic acids is 3. The summed E-state index contributed by atoms with van der Waals surface area (Å²) in [7, 11) is 0. The molecule has 2 aromatic rings. The maximum absolute atomic E-state index is 12.1. The number of hydrogen-bond acceptors (Lipinski definition) is 5. The number of furan rings is 1. The van der Waals surface area contributed by atoms with Gasteiger partial charge in [0.05, 0.1) is 11.1 Å². The molecule has 2 heterocycles. The Labute approximate surface area is 126 Å². The number of carbonyl (C=O) groups is 3. The average molecular weight is 299 g/mol. The van der Waals surface area contributed by atoms with Gasteiger partial charge in [0.15, 0.2) is 0 Å². The van der Waals surface area contributed by atoms with E-state index in [0.29, 0.717) is 17.2 Å². The first kappa shape index (κ1) is 14.1. The van der Waals surface area contributed by atoms with Gasteiger partial charge in [-0.3, -0.25) is 9.59 Å². The molecule has 1 aliphatic heterocycles. The lowest BCUT2D eigenvalue weighted by Crippen LogP contribution is -2.32.